The Labute approximate surface area is 180 Å². The number of aliphatic hydroxyl groups is 1. The van der Waals surface area contributed by atoms with Gasteiger partial charge in [0.05, 0.1) is 17.5 Å². The van der Waals surface area contributed by atoms with Gasteiger partial charge in [-0.1, -0.05) is 6.92 Å². The fourth-order valence-electron chi connectivity index (χ4n) is 4.31. The molecule has 1 unspecified atom stereocenters. The maximum absolute atomic E-state index is 13.4. The van der Waals surface area contributed by atoms with E-state index in [-0.39, 0.29) is 48.9 Å². The molecule has 0 saturated carbocycles. The topological polar surface area (TPSA) is 109 Å². The summed E-state index contributed by atoms with van der Waals surface area (Å²) < 4.78 is 42.8. The first-order valence-corrected chi connectivity index (χ1v) is 10.3. The zero-order chi connectivity index (χ0) is 23.3. The summed E-state index contributed by atoms with van der Waals surface area (Å²) in [5, 5.41) is 18.7. The molecule has 1 fully saturated rings. The Hall–Kier alpha value is -3.15. The third-order valence-corrected chi connectivity index (χ3v) is 6.32. The highest BCUT2D eigenvalue weighted by Gasteiger charge is 2.57. The van der Waals surface area contributed by atoms with Gasteiger partial charge in [-0.3, -0.25) is 14.6 Å². The third-order valence-electron chi connectivity index (χ3n) is 6.32. The predicted octanol–water partition coefficient (Wildman–Crippen LogP) is 2.07. The Kier molecular flexibility index (Phi) is 5.35. The number of rotatable bonds is 4. The van der Waals surface area contributed by atoms with Gasteiger partial charge in [0.25, 0.3) is 11.5 Å². The largest absolute Gasteiger partial charge is 0.417 e. The van der Waals surface area contributed by atoms with Crippen molar-refractivity contribution in [1.29, 1.82) is 0 Å². The van der Waals surface area contributed by atoms with Gasteiger partial charge in [-0.05, 0) is 44.2 Å². The Balaban J connectivity index is 1.53. The highest BCUT2D eigenvalue weighted by Crippen LogP contribution is 2.43. The minimum atomic E-state index is -4.72. The quantitative estimate of drug-likeness (QED) is 0.630. The minimum absolute atomic E-state index is 0.0436. The molecular formula is C20H23F3N6O3. The Morgan fingerprint density at radius 2 is 2.00 bits per heavy atom. The second-order valence-electron chi connectivity index (χ2n) is 8.01. The molecule has 172 valence electrons. The summed E-state index contributed by atoms with van der Waals surface area (Å²) in [5.41, 5.74) is -2.05. The van der Waals surface area contributed by atoms with Crippen molar-refractivity contribution < 1.29 is 23.1 Å². The Morgan fingerprint density at radius 1 is 1.31 bits per heavy atom. The number of amides is 1. The molecule has 0 bridgehead atoms. The number of fused-ring (bicyclic) bond motifs is 1. The number of halogens is 3. The molecule has 0 aromatic carbocycles. The maximum atomic E-state index is 13.4. The molecule has 0 aliphatic carbocycles. The van der Waals surface area contributed by atoms with E-state index in [0.29, 0.717) is 11.2 Å². The number of H-pyrrole nitrogens is 1. The van der Waals surface area contributed by atoms with E-state index in [1.165, 1.54) is 27.2 Å². The van der Waals surface area contributed by atoms with Crippen molar-refractivity contribution >= 4 is 11.4 Å². The van der Waals surface area contributed by atoms with Gasteiger partial charge >= 0.3 is 6.18 Å². The average molecular weight is 452 g/mol. The third kappa shape index (κ3) is 3.48. The van der Waals surface area contributed by atoms with Crippen LogP contribution in [0.1, 0.15) is 42.2 Å². The molecule has 1 amide bonds. The number of carbonyl (C=O) groups is 1. The highest BCUT2D eigenvalue weighted by molar-refractivity contribution is 5.95. The molecule has 3 aromatic heterocycles. The number of nitrogens with one attached hydrogen (secondary N) is 1. The van der Waals surface area contributed by atoms with Crippen molar-refractivity contribution in [3.63, 3.8) is 0 Å². The van der Waals surface area contributed by atoms with Crippen LogP contribution in [0, 0.1) is 12.8 Å². The molecule has 0 radical (unpaired) electrons. The van der Waals surface area contributed by atoms with E-state index in [4.69, 9.17) is 0 Å². The molecule has 2 N–H and O–H groups in total. The van der Waals surface area contributed by atoms with Crippen LogP contribution in [0.2, 0.25) is 0 Å². The second kappa shape index (κ2) is 7.76. The van der Waals surface area contributed by atoms with Crippen molar-refractivity contribution in [3.05, 3.63) is 46.1 Å². The Morgan fingerprint density at radius 3 is 2.62 bits per heavy atom. The molecule has 4 rings (SSSR count). The van der Waals surface area contributed by atoms with Crippen LogP contribution in [-0.2, 0) is 0 Å². The van der Waals surface area contributed by atoms with Gasteiger partial charge in [0.2, 0.25) is 5.95 Å². The number of aromatic amines is 1. The summed E-state index contributed by atoms with van der Waals surface area (Å²) in [5.74, 6) is -1.21. The van der Waals surface area contributed by atoms with Crippen molar-refractivity contribution in [2.24, 2.45) is 5.92 Å². The number of likely N-dealkylation sites (tertiary alicyclic amines) is 1. The normalized spacial score (nSPS) is 17.6. The smallest absolute Gasteiger partial charge is 0.380 e. The van der Waals surface area contributed by atoms with Gasteiger partial charge in [0.1, 0.15) is 5.52 Å². The number of aromatic nitrogens is 5. The summed E-state index contributed by atoms with van der Waals surface area (Å²) >= 11 is 0. The SMILES string of the molecule is CCC(O)(C1CCN(C(=O)c2cnn(-c3nn4cccc4c(=O)[nH]3)c2C)CC1)C(F)(F)F. The van der Waals surface area contributed by atoms with Crippen LogP contribution < -0.4 is 5.56 Å². The van der Waals surface area contributed by atoms with E-state index in [9.17, 15) is 27.9 Å². The van der Waals surface area contributed by atoms with Crippen molar-refractivity contribution in [2.45, 2.75) is 44.9 Å². The van der Waals surface area contributed by atoms with Gasteiger partial charge in [-0.2, -0.15) is 18.3 Å². The van der Waals surface area contributed by atoms with E-state index in [1.807, 2.05) is 0 Å². The zero-order valence-electron chi connectivity index (χ0n) is 17.6. The predicted molar refractivity (Wildman–Crippen MR) is 108 cm³/mol. The molecule has 12 heteroatoms. The van der Waals surface area contributed by atoms with E-state index >= 15 is 0 Å². The first-order chi connectivity index (χ1) is 15.1. The zero-order valence-corrected chi connectivity index (χ0v) is 17.6. The molecule has 1 atom stereocenters. The van der Waals surface area contributed by atoms with Crippen molar-refractivity contribution in [1.82, 2.24) is 29.3 Å². The van der Waals surface area contributed by atoms with E-state index in [2.05, 4.69) is 15.2 Å². The molecule has 3 aromatic rings. The number of alkyl halides is 3. The molecule has 0 spiro atoms. The maximum Gasteiger partial charge on any atom is 0.417 e. The molecule has 1 aliphatic rings. The van der Waals surface area contributed by atoms with Crippen LogP contribution in [0.5, 0.6) is 0 Å². The van der Waals surface area contributed by atoms with Crippen LogP contribution in [0.3, 0.4) is 0 Å². The van der Waals surface area contributed by atoms with E-state index < -0.39 is 24.1 Å². The summed E-state index contributed by atoms with van der Waals surface area (Å²) in [6.45, 7) is 3.15. The molecular weight excluding hydrogens is 429 g/mol. The lowest BCUT2D eigenvalue weighted by Crippen LogP contribution is -2.54. The number of hydrogen-bond acceptors (Lipinski definition) is 5. The lowest BCUT2D eigenvalue weighted by Gasteiger charge is -2.41. The summed E-state index contributed by atoms with van der Waals surface area (Å²) in [6, 6.07) is 3.29. The van der Waals surface area contributed by atoms with E-state index in [1.54, 1.807) is 25.3 Å². The lowest BCUT2D eigenvalue weighted by atomic mass is 9.78. The van der Waals surface area contributed by atoms with Crippen molar-refractivity contribution in [2.75, 3.05) is 13.1 Å². The standard InChI is InChI=1S/C20H23F3N6O3/c1-3-19(32,20(21,22)23)13-6-9-27(10-7-13)17(31)14-11-24-29(12(14)2)18-25-16(30)15-5-4-8-28(15)26-18/h4-5,8,11,13,32H,3,6-7,9-10H2,1-2H3,(H,25,26,30). The summed E-state index contributed by atoms with van der Waals surface area (Å²) in [6.07, 6.45) is -2.11. The highest BCUT2D eigenvalue weighted by atomic mass is 19.4. The fourth-order valence-corrected chi connectivity index (χ4v) is 4.31. The van der Waals surface area contributed by atoms with Gasteiger partial charge in [-0.25, -0.2) is 9.20 Å². The van der Waals surface area contributed by atoms with Crippen LogP contribution in [0.25, 0.3) is 11.5 Å². The second-order valence-corrected chi connectivity index (χ2v) is 8.01. The number of nitrogens with zero attached hydrogens (tertiary/aromatic N) is 5. The summed E-state index contributed by atoms with van der Waals surface area (Å²) in [4.78, 5) is 29.3. The van der Waals surface area contributed by atoms with Crippen LogP contribution in [0.4, 0.5) is 13.2 Å². The van der Waals surface area contributed by atoms with Gasteiger partial charge in [0, 0.05) is 19.3 Å². The first-order valence-electron chi connectivity index (χ1n) is 10.3. The monoisotopic (exact) mass is 452 g/mol. The lowest BCUT2D eigenvalue weighted by molar-refractivity contribution is -0.284. The minimum Gasteiger partial charge on any atom is -0.380 e. The van der Waals surface area contributed by atoms with E-state index in [0.717, 1.165) is 0 Å². The van der Waals surface area contributed by atoms with Crippen LogP contribution in [0.15, 0.2) is 29.3 Å². The fraction of sp³-hybridized carbons (Fsp3) is 0.500. The molecule has 1 saturated heterocycles. The molecule has 9 nitrogen and oxygen atoms in total. The molecule has 1 aliphatic heterocycles. The first kappa shape index (κ1) is 22.1. The molecule has 4 heterocycles. The number of piperidine rings is 1. The van der Waals surface area contributed by atoms with Gasteiger partial charge in [-0.15, -0.1) is 5.10 Å². The number of carbonyl (C=O) groups excluding carboxylic acids is 1. The summed E-state index contributed by atoms with van der Waals surface area (Å²) in [7, 11) is 0. The van der Waals surface area contributed by atoms with Gasteiger partial charge < -0.3 is 10.0 Å². The van der Waals surface area contributed by atoms with Gasteiger partial charge in [0.15, 0.2) is 5.60 Å². The number of hydrogen-bond donors (Lipinski definition) is 2. The van der Waals surface area contributed by atoms with Crippen LogP contribution in [-0.4, -0.2) is 65.2 Å². The Bertz CT molecular complexity index is 1210. The van der Waals surface area contributed by atoms with Crippen molar-refractivity contribution in [3.8, 4) is 5.95 Å². The molecule has 32 heavy (non-hydrogen) atoms. The van der Waals surface area contributed by atoms with Crippen LogP contribution >= 0.6 is 0 Å². The average Bonchev–Trinajstić information content (AvgIpc) is 3.38.